The molecule has 0 spiro atoms. The maximum atomic E-state index is 13.1. The lowest BCUT2D eigenvalue weighted by Gasteiger charge is -2.24. The van der Waals surface area contributed by atoms with E-state index in [1.807, 2.05) is 6.07 Å². The van der Waals surface area contributed by atoms with Gasteiger partial charge in [-0.3, -0.25) is 5.84 Å². The Labute approximate surface area is 115 Å². The highest BCUT2D eigenvalue weighted by atomic mass is 127. The van der Waals surface area contributed by atoms with E-state index in [1.54, 1.807) is 6.07 Å². The summed E-state index contributed by atoms with van der Waals surface area (Å²) in [6, 6.07) is 4.87. The summed E-state index contributed by atoms with van der Waals surface area (Å²) in [4.78, 5) is 0. The first-order valence-electron chi connectivity index (χ1n) is 5.82. The van der Waals surface area contributed by atoms with Crippen molar-refractivity contribution in [2.24, 2.45) is 5.84 Å². The van der Waals surface area contributed by atoms with Crippen LogP contribution in [-0.2, 0) is 0 Å². The number of halogens is 2. The molecule has 17 heavy (non-hydrogen) atoms. The van der Waals surface area contributed by atoms with E-state index in [-0.39, 0.29) is 11.9 Å². The van der Waals surface area contributed by atoms with Crippen LogP contribution in [0.2, 0.25) is 0 Å². The molecule has 1 aliphatic carbocycles. The van der Waals surface area contributed by atoms with E-state index >= 15 is 0 Å². The fourth-order valence-corrected chi connectivity index (χ4v) is 3.05. The van der Waals surface area contributed by atoms with Gasteiger partial charge >= 0.3 is 0 Å². The molecule has 0 saturated heterocycles. The molecule has 0 fully saturated rings. The predicted octanol–water partition coefficient (Wildman–Crippen LogP) is 3.44. The van der Waals surface area contributed by atoms with Crippen LogP contribution in [0.25, 0.3) is 0 Å². The summed E-state index contributed by atoms with van der Waals surface area (Å²) in [6.45, 7) is 0. The maximum absolute atomic E-state index is 13.1. The van der Waals surface area contributed by atoms with Gasteiger partial charge in [-0.1, -0.05) is 17.7 Å². The topological polar surface area (TPSA) is 38.0 Å². The van der Waals surface area contributed by atoms with E-state index in [0.717, 1.165) is 22.0 Å². The minimum Gasteiger partial charge on any atom is -0.271 e. The molecular weight excluding hydrogens is 330 g/mol. The molecule has 0 saturated carbocycles. The smallest absolute Gasteiger partial charge is 0.124 e. The lowest BCUT2D eigenvalue weighted by Crippen LogP contribution is -2.30. The van der Waals surface area contributed by atoms with Crippen LogP contribution in [0.4, 0.5) is 4.39 Å². The first-order chi connectivity index (χ1) is 8.22. The molecule has 0 bridgehead atoms. The first kappa shape index (κ1) is 13.0. The Hall–Kier alpha value is -0.460. The monoisotopic (exact) mass is 346 g/mol. The standard InChI is InChI=1S/C13H16FIN2/c14-10-6-7-11(12(15)8-10)13(17-16)9-4-2-1-3-5-9/h4,6-8,13,17H,1-3,5,16H2. The van der Waals surface area contributed by atoms with Crippen molar-refractivity contribution in [1.82, 2.24) is 5.43 Å². The molecule has 0 aliphatic heterocycles. The van der Waals surface area contributed by atoms with Gasteiger partial charge in [-0.2, -0.15) is 0 Å². The Bertz CT molecular complexity index is 431. The van der Waals surface area contributed by atoms with Crippen LogP contribution < -0.4 is 11.3 Å². The van der Waals surface area contributed by atoms with Crippen molar-refractivity contribution in [2.45, 2.75) is 31.7 Å². The normalized spacial score (nSPS) is 17.7. The molecule has 1 atom stereocenters. The second-order valence-electron chi connectivity index (χ2n) is 4.29. The maximum Gasteiger partial charge on any atom is 0.124 e. The van der Waals surface area contributed by atoms with Crippen LogP contribution in [0.5, 0.6) is 0 Å². The number of nitrogens with two attached hydrogens (primary N) is 1. The molecule has 0 radical (unpaired) electrons. The number of allylic oxidation sites excluding steroid dienone is 1. The molecule has 1 aliphatic rings. The van der Waals surface area contributed by atoms with Crippen LogP contribution >= 0.6 is 22.6 Å². The van der Waals surface area contributed by atoms with Gasteiger partial charge in [0, 0.05) is 3.57 Å². The summed E-state index contributed by atoms with van der Waals surface area (Å²) in [7, 11) is 0. The number of nitrogens with one attached hydrogen (secondary N) is 1. The molecule has 2 nitrogen and oxygen atoms in total. The molecular formula is C13H16FIN2. The Morgan fingerprint density at radius 1 is 1.35 bits per heavy atom. The highest BCUT2D eigenvalue weighted by Crippen LogP contribution is 2.31. The van der Waals surface area contributed by atoms with Gasteiger partial charge in [0.1, 0.15) is 5.82 Å². The lowest BCUT2D eigenvalue weighted by atomic mass is 9.90. The van der Waals surface area contributed by atoms with Crippen molar-refractivity contribution in [2.75, 3.05) is 0 Å². The van der Waals surface area contributed by atoms with Gasteiger partial charge in [0.2, 0.25) is 0 Å². The van der Waals surface area contributed by atoms with Crippen molar-refractivity contribution in [3.63, 3.8) is 0 Å². The second kappa shape index (κ2) is 5.93. The molecule has 0 heterocycles. The van der Waals surface area contributed by atoms with E-state index in [1.165, 1.54) is 24.5 Å². The molecule has 1 unspecified atom stereocenters. The number of rotatable bonds is 3. The molecule has 3 N–H and O–H groups in total. The van der Waals surface area contributed by atoms with E-state index in [2.05, 4.69) is 34.1 Å². The molecule has 1 aromatic carbocycles. The highest BCUT2D eigenvalue weighted by molar-refractivity contribution is 14.1. The van der Waals surface area contributed by atoms with Crippen molar-refractivity contribution in [3.8, 4) is 0 Å². The fourth-order valence-electron chi connectivity index (χ4n) is 2.26. The summed E-state index contributed by atoms with van der Waals surface area (Å²) in [5.41, 5.74) is 5.23. The number of benzene rings is 1. The van der Waals surface area contributed by atoms with E-state index < -0.39 is 0 Å². The number of hydrogen-bond donors (Lipinski definition) is 2. The minimum atomic E-state index is -0.202. The van der Waals surface area contributed by atoms with Crippen molar-refractivity contribution in [1.29, 1.82) is 0 Å². The first-order valence-corrected chi connectivity index (χ1v) is 6.90. The summed E-state index contributed by atoms with van der Waals surface area (Å²) in [6.07, 6.45) is 6.91. The third-order valence-corrected chi connectivity index (χ3v) is 4.07. The number of hydrazine groups is 1. The van der Waals surface area contributed by atoms with Gasteiger partial charge < -0.3 is 0 Å². The van der Waals surface area contributed by atoms with Crippen LogP contribution in [-0.4, -0.2) is 0 Å². The zero-order chi connectivity index (χ0) is 12.3. The predicted molar refractivity (Wildman–Crippen MR) is 75.7 cm³/mol. The summed E-state index contributed by atoms with van der Waals surface area (Å²) in [5, 5.41) is 0. The Balaban J connectivity index is 2.31. The van der Waals surface area contributed by atoms with Gasteiger partial charge in [0.05, 0.1) is 6.04 Å². The largest absolute Gasteiger partial charge is 0.271 e. The van der Waals surface area contributed by atoms with E-state index in [9.17, 15) is 4.39 Å². The van der Waals surface area contributed by atoms with Crippen LogP contribution in [0.1, 0.15) is 37.3 Å². The average molecular weight is 346 g/mol. The van der Waals surface area contributed by atoms with Gasteiger partial charge in [0.15, 0.2) is 0 Å². The van der Waals surface area contributed by atoms with Crippen LogP contribution in [0.3, 0.4) is 0 Å². The SMILES string of the molecule is NNC(C1=CCCCC1)c1ccc(F)cc1I. The molecule has 2 rings (SSSR count). The summed E-state index contributed by atoms with van der Waals surface area (Å²) < 4.78 is 14.0. The van der Waals surface area contributed by atoms with Crippen LogP contribution in [0, 0.1) is 9.39 Å². The van der Waals surface area contributed by atoms with Gasteiger partial charge in [-0.25, -0.2) is 9.82 Å². The molecule has 0 aromatic heterocycles. The average Bonchev–Trinajstić information content (AvgIpc) is 2.34. The quantitative estimate of drug-likeness (QED) is 0.381. The third kappa shape index (κ3) is 3.05. The number of hydrogen-bond acceptors (Lipinski definition) is 2. The molecule has 92 valence electrons. The molecule has 0 amide bonds. The minimum absolute atomic E-state index is 0.0165. The van der Waals surface area contributed by atoms with E-state index in [4.69, 9.17) is 5.84 Å². The lowest BCUT2D eigenvalue weighted by molar-refractivity contribution is 0.561. The Morgan fingerprint density at radius 3 is 2.76 bits per heavy atom. The highest BCUT2D eigenvalue weighted by Gasteiger charge is 2.19. The van der Waals surface area contributed by atoms with Crippen molar-refractivity contribution >= 4 is 22.6 Å². The van der Waals surface area contributed by atoms with Crippen LogP contribution in [0.15, 0.2) is 29.8 Å². The Kier molecular flexibility index (Phi) is 4.53. The third-order valence-electron chi connectivity index (χ3n) is 3.14. The van der Waals surface area contributed by atoms with Gasteiger partial charge in [-0.05, 0) is 66.0 Å². The molecule has 4 heteroatoms. The molecule has 1 aromatic rings. The van der Waals surface area contributed by atoms with Crippen molar-refractivity contribution in [3.05, 3.63) is 44.8 Å². The summed E-state index contributed by atoms with van der Waals surface area (Å²) in [5.74, 6) is 5.45. The van der Waals surface area contributed by atoms with Gasteiger partial charge in [0.25, 0.3) is 0 Å². The fraction of sp³-hybridized carbons (Fsp3) is 0.385. The van der Waals surface area contributed by atoms with Crippen molar-refractivity contribution < 1.29 is 4.39 Å². The van der Waals surface area contributed by atoms with E-state index in [0.29, 0.717) is 0 Å². The second-order valence-corrected chi connectivity index (χ2v) is 5.45. The zero-order valence-corrected chi connectivity index (χ0v) is 11.7. The summed E-state index contributed by atoms with van der Waals surface area (Å²) >= 11 is 2.16. The van der Waals surface area contributed by atoms with Gasteiger partial charge in [-0.15, -0.1) is 0 Å². The zero-order valence-electron chi connectivity index (χ0n) is 9.55. The Morgan fingerprint density at radius 2 is 2.18 bits per heavy atom.